The zero-order valence-electron chi connectivity index (χ0n) is 14.4. The van der Waals surface area contributed by atoms with Crippen LogP contribution < -0.4 is 9.46 Å². The van der Waals surface area contributed by atoms with Crippen molar-refractivity contribution in [2.75, 3.05) is 7.11 Å². The number of nitriles is 1. The third-order valence-corrected chi connectivity index (χ3v) is 6.11. The van der Waals surface area contributed by atoms with Crippen LogP contribution in [0.5, 0.6) is 5.75 Å². The van der Waals surface area contributed by atoms with Crippen molar-refractivity contribution < 1.29 is 17.9 Å². The van der Waals surface area contributed by atoms with Crippen molar-refractivity contribution >= 4 is 15.9 Å². The molecule has 2 aromatic carbocycles. The fourth-order valence-electron chi connectivity index (χ4n) is 3.02. The fourth-order valence-corrected chi connectivity index (χ4v) is 4.34. The van der Waals surface area contributed by atoms with E-state index in [1.165, 1.54) is 19.2 Å². The standard InChI is InChI=1S/C19H18N2O4S/c1-13-7-8-14(12-20)11-17(13)26(23,24)21-18(22)19(9-10-19)15-5-3-4-6-16(15)25-2/h3-8,11H,9-10H2,1-2H3,(H,21,22). The van der Waals surface area contributed by atoms with Crippen LogP contribution in [0.25, 0.3) is 0 Å². The fraction of sp³-hybridized carbons (Fsp3) is 0.263. The third-order valence-electron chi connectivity index (χ3n) is 4.64. The van der Waals surface area contributed by atoms with Crippen molar-refractivity contribution in [1.29, 1.82) is 5.26 Å². The van der Waals surface area contributed by atoms with E-state index in [0.29, 0.717) is 29.7 Å². The number of ether oxygens (including phenoxy) is 1. The second-order valence-corrected chi connectivity index (χ2v) is 7.96. The van der Waals surface area contributed by atoms with Crippen molar-refractivity contribution in [3.05, 3.63) is 59.2 Å². The van der Waals surface area contributed by atoms with E-state index in [1.54, 1.807) is 37.3 Å². The number of sulfonamides is 1. The molecule has 1 amide bonds. The van der Waals surface area contributed by atoms with Gasteiger partial charge in [-0.1, -0.05) is 24.3 Å². The lowest BCUT2D eigenvalue weighted by Gasteiger charge is -2.19. The molecule has 2 aromatic rings. The molecule has 1 aliphatic rings. The molecule has 0 heterocycles. The van der Waals surface area contributed by atoms with Gasteiger partial charge in [-0.15, -0.1) is 0 Å². The Morgan fingerprint density at radius 3 is 2.54 bits per heavy atom. The second-order valence-electron chi connectivity index (χ2n) is 6.31. The Labute approximate surface area is 152 Å². The van der Waals surface area contributed by atoms with E-state index in [1.807, 2.05) is 6.07 Å². The highest BCUT2D eigenvalue weighted by atomic mass is 32.2. The molecule has 1 N–H and O–H groups in total. The third kappa shape index (κ3) is 3.04. The molecule has 7 heteroatoms. The predicted molar refractivity (Wildman–Crippen MR) is 95.1 cm³/mol. The molecule has 26 heavy (non-hydrogen) atoms. The van der Waals surface area contributed by atoms with Gasteiger partial charge in [0.2, 0.25) is 5.91 Å². The Hall–Kier alpha value is -2.85. The van der Waals surface area contributed by atoms with Crippen LogP contribution in [0, 0.1) is 18.3 Å². The van der Waals surface area contributed by atoms with Gasteiger partial charge in [0.1, 0.15) is 5.75 Å². The molecule has 0 radical (unpaired) electrons. The van der Waals surface area contributed by atoms with Crippen molar-refractivity contribution in [1.82, 2.24) is 4.72 Å². The van der Waals surface area contributed by atoms with Gasteiger partial charge in [-0.3, -0.25) is 4.79 Å². The summed E-state index contributed by atoms with van der Waals surface area (Å²) >= 11 is 0. The van der Waals surface area contributed by atoms with Crippen molar-refractivity contribution in [3.63, 3.8) is 0 Å². The molecule has 0 bridgehead atoms. The van der Waals surface area contributed by atoms with Gasteiger partial charge >= 0.3 is 0 Å². The van der Waals surface area contributed by atoms with Gasteiger partial charge in [0, 0.05) is 5.56 Å². The van der Waals surface area contributed by atoms with Crippen LogP contribution in [0.15, 0.2) is 47.4 Å². The number of methoxy groups -OCH3 is 1. The maximum Gasteiger partial charge on any atom is 0.264 e. The van der Waals surface area contributed by atoms with Crippen LogP contribution in [-0.2, 0) is 20.2 Å². The number of hydrogen-bond donors (Lipinski definition) is 1. The minimum absolute atomic E-state index is 0.0688. The predicted octanol–water partition coefficient (Wildman–Crippen LogP) is 2.41. The van der Waals surface area contributed by atoms with Crippen molar-refractivity contribution in [3.8, 4) is 11.8 Å². The highest BCUT2D eigenvalue weighted by molar-refractivity contribution is 7.90. The largest absolute Gasteiger partial charge is 0.496 e. The first kappa shape index (κ1) is 18.0. The van der Waals surface area contributed by atoms with Gasteiger partial charge < -0.3 is 4.74 Å². The van der Waals surface area contributed by atoms with Gasteiger partial charge in [0.25, 0.3) is 10.0 Å². The molecule has 0 unspecified atom stereocenters. The minimum atomic E-state index is -4.08. The van der Waals surface area contributed by atoms with E-state index < -0.39 is 21.3 Å². The number of amides is 1. The highest BCUT2D eigenvalue weighted by Gasteiger charge is 2.53. The molecule has 1 fully saturated rings. The molecule has 6 nitrogen and oxygen atoms in total. The minimum Gasteiger partial charge on any atom is -0.496 e. The lowest BCUT2D eigenvalue weighted by Crippen LogP contribution is -2.39. The summed E-state index contributed by atoms with van der Waals surface area (Å²) in [5.74, 6) is -0.0241. The molecular formula is C19H18N2O4S. The average Bonchev–Trinajstić information content (AvgIpc) is 3.43. The van der Waals surface area contributed by atoms with Crippen molar-refractivity contribution in [2.24, 2.45) is 0 Å². The van der Waals surface area contributed by atoms with Gasteiger partial charge in [0.15, 0.2) is 0 Å². The van der Waals surface area contributed by atoms with E-state index in [9.17, 15) is 13.2 Å². The summed E-state index contributed by atoms with van der Waals surface area (Å²) in [4.78, 5) is 12.8. The zero-order valence-corrected chi connectivity index (χ0v) is 15.3. The summed E-state index contributed by atoms with van der Waals surface area (Å²) in [5, 5.41) is 9.00. The Bertz CT molecular complexity index is 1020. The number of carbonyl (C=O) groups excluding carboxylic acids is 1. The molecular weight excluding hydrogens is 352 g/mol. The van der Waals surface area contributed by atoms with Gasteiger partial charge in [-0.05, 0) is 43.5 Å². The van der Waals surface area contributed by atoms with Crippen LogP contribution >= 0.6 is 0 Å². The quantitative estimate of drug-likeness (QED) is 0.872. The van der Waals surface area contributed by atoms with Crippen LogP contribution in [0.2, 0.25) is 0 Å². The zero-order chi connectivity index (χ0) is 18.9. The topological polar surface area (TPSA) is 96.3 Å². The molecule has 134 valence electrons. The Morgan fingerprint density at radius 2 is 1.92 bits per heavy atom. The number of para-hydroxylation sites is 1. The van der Waals surface area contributed by atoms with E-state index in [2.05, 4.69) is 4.72 Å². The number of nitrogens with zero attached hydrogens (tertiary/aromatic N) is 1. The average molecular weight is 370 g/mol. The Balaban J connectivity index is 1.94. The lowest BCUT2D eigenvalue weighted by molar-refractivity contribution is -0.121. The monoisotopic (exact) mass is 370 g/mol. The van der Waals surface area contributed by atoms with Crippen LogP contribution in [-0.4, -0.2) is 21.4 Å². The lowest BCUT2D eigenvalue weighted by atomic mass is 9.94. The first-order valence-corrected chi connectivity index (χ1v) is 9.54. The summed E-state index contributed by atoms with van der Waals surface area (Å²) in [6.45, 7) is 1.62. The molecule has 1 aliphatic carbocycles. The maximum atomic E-state index is 12.8. The van der Waals surface area contributed by atoms with Crippen molar-refractivity contribution in [2.45, 2.75) is 30.1 Å². The van der Waals surface area contributed by atoms with E-state index in [0.717, 1.165) is 0 Å². The second kappa shape index (κ2) is 6.46. The summed E-state index contributed by atoms with van der Waals surface area (Å²) in [6.07, 6.45) is 1.10. The van der Waals surface area contributed by atoms with Crippen LogP contribution in [0.1, 0.15) is 29.5 Å². The first-order chi connectivity index (χ1) is 12.3. The number of nitrogens with one attached hydrogen (secondary N) is 1. The Kier molecular flexibility index (Phi) is 4.46. The van der Waals surface area contributed by atoms with Gasteiger partial charge in [-0.2, -0.15) is 5.26 Å². The highest BCUT2D eigenvalue weighted by Crippen LogP contribution is 2.51. The molecule has 0 saturated heterocycles. The molecule has 0 spiro atoms. The summed E-state index contributed by atoms with van der Waals surface area (Å²) < 4.78 is 32.9. The molecule has 0 aliphatic heterocycles. The number of aryl methyl sites for hydroxylation is 1. The van der Waals surface area contributed by atoms with Crippen LogP contribution in [0.3, 0.4) is 0 Å². The van der Waals surface area contributed by atoms with E-state index >= 15 is 0 Å². The number of rotatable bonds is 5. The van der Waals surface area contributed by atoms with E-state index in [4.69, 9.17) is 10.00 Å². The number of hydrogen-bond acceptors (Lipinski definition) is 5. The normalized spacial score (nSPS) is 15.0. The number of carbonyl (C=O) groups is 1. The smallest absolute Gasteiger partial charge is 0.264 e. The van der Waals surface area contributed by atoms with Crippen LogP contribution in [0.4, 0.5) is 0 Å². The summed E-state index contributed by atoms with van der Waals surface area (Å²) in [5.41, 5.74) is 0.457. The summed E-state index contributed by atoms with van der Waals surface area (Å²) in [7, 11) is -2.57. The van der Waals surface area contributed by atoms with E-state index in [-0.39, 0.29) is 10.5 Å². The molecule has 1 saturated carbocycles. The van der Waals surface area contributed by atoms with Gasteiger partial charge in [0.05, 0.1) is 29.1 Å². The first-order valence-electron chi connectivity index (χ1n) is 8.05. The van der Waals surface area contributed by atoms with Gasteiger partial charge in [-0.25, -0.2) is 13.1 Å². The molecule has 3 rings (SSSR count). The Morgan fingerprint density at radius 1 is 1.23 bits per heavy atom. The summed E-state index contributed by atoms with van der Waals surface area (Å²) in [6, 6.07) is 13.4. The molecule has 0 atom stereocenters. The SMILES string of the molecule is COc1ccccc1C1(C(=O)NS(=O)(=O)c2cc(C#N)ccc2C)CC1. The maximum absolute atomic E-state index is 12.8. The number of benzene rings is 2. The molecule has 0 aromatic heterocycles.